The fourth-order valence-corrected chi connectivity index (χ4v) is 0.226. The van der Waals surface area contributed by atoms with Gasteiger partial charge in [-0.2, -0.15) is 13.2 Å². The molecule has 0 unspecified atom stereocenters. The first-order valence-corrected chi connectivity index (χ1v) is 2.52. The molecule has 0 aromatic rings. The van der Waals surface area contributed by atoms with Gasteiger partial charge in [-0.1, -0.05) is 13.2 Å². The second-order valence-electron chi connectivity index (χ2n) is 1.69. The molecule has 0 fully saturated rings. The van der Waals surface area contributed by atoms with Gasteiger partial charge in [-0.3, -0.25) is 0 Å². The lowest BCUT2D eigenvalue weighted by Crippen LogP contribution is -2.08. The van der Waals surface area contributed by atoms with Gasteiger partial charge in [-0.25, -0.2) is 4.99 Å². The first kappa shape index (κ1) is 9.74. The lowest BCUT2D eigenvalue weighted by molar-refractivity contribution is -0.0918. The van der Waals surface area contributed by atoms with Crippen LogP contribution in [-0.4, -0.2) is 17.5 Å². The zero-order chi connectivity index (χ0) is 9.07. The van der Waals surface area contributed by atoms with E-state index in [4.69, 9.17) is 5.11 Å². The molecule has 5 heteroatoms. The Morgan fingerprint density at radius 2 is 1.82 bits per heavy atom. The molecule has 0 aliphatic carbocycles. The summed E-state index contributed by atoms with van der Waals surface area (Å²) in [6.45, 7) is 5.53. The van der Waals surface area contributed by atoms with E-state index < -0.39 is 17.6 Å². The third kappa shape index (κ3) is 4.19. The highest BCUT2D eigenvalue weighted by molar-refractivity contribution is 5.75. The van der Waals surface area contributed by atoms with Crippen LogP contribution in [0.4, 0.5) is 13.2 Å². The van der Waals surface area contributed by atoms with Crippen molar-refractivity contribution in [1.82, 2.24) is 0 Å². The summed E-state index contributed by atoms with van der Waals surface area (Å²) in [5.74, 6) is -0.546. The normalized spacial score (nSPS) is 11.9. The van der Waals surface area contributed by atoms with Crippen molar-refractivity contribution in [3.8, 4) is 0 Å². The molecule has 62 valence electrons. The number of halogens is 3. The van der Waals surface area contributed by atoms with E-state index >= 15 is 0 Å². The predicted molar refractivity (Wildman–Crippen MR) is 35.5 cm³/mol. The number of hydrogen-bond acceptors (Lipinski definition) is 2. The topological polar surface area (TPSA) is 32.6 Å². The molecule has 0 saturated heterocycles. The fraction of sp³-hybridized carbons (Fsp3) is 0.167. The summed E-state index contributed by atoms with van der Waals surface area (Å²) in [7, 11) is 0. The second kappa shape index (κ2) is 3.23. The molecule has 1 N–H and O–H groups in total. The molecule has 0 aliphatic heterocycles. The number of allylic oxidation sites excluding steroid dienone is 2. The summed E-state index contributed by atoms with van der Waals surface area (Å²) >= 11 is 0. The first-order valence-electron chi connectivity index (χ1n) is 2.52. The van der Waals surface area contributed by atoms with E-state index in [9.17, 15) is 13.2 Å². The van der Waals surface area contributed by atoms with Gasteiger partial charge in [0.05, 0.1) is 6.21 Å². The average molecular weight is 165 g/mol. The third-order valence-electron chi connectivity index (χ3n) is 0.697. The van der Waals surface area contributed by atoms with Crippen LogP contribution in [0.2, 0.25) is 0 Å². The number of aliphatic imine (C=N–C) groups is 1. The Labute approximate surface area is 61.4 Å². The molecule has 0 spiro atoms. The maximum atomic E-state index is 11.6. The minimum absolute atomic E-state index is 0.546. The molecule has 0 amide bonds. The van der Waals surface area contributed by atoms with Gasteiger partial charge >= 0.3 is 6.18 Å². The van der Waals surface area contributed by atoms with Crippen LogP contribution in [0.25, 0.3) is 0 Å². The maximum Gasteiger partial charge on any atom is 0.432 e. The van der Waals surface area contributed by atoms with Gasteiger partial charge in [-0.05, 0) is 0 Å². The number of hydrogen-bond donors (Lipinski definition) is 1. The van der Waals surface area contributed by atoms with Gasteiger partial charge in [0.2, 0.25) is 0 Å². The van der Waals surface area contributed by atoms with Gasteiger partial charge in [0.25, 0.3) is 0 Å². The molecular weight excluding hydrogens is 159 g/mol. The van der Waals surface area contributed by atoms with Crippen LogP contribution < -0.4 is 0 Å². The molecule has 0 rings (SSSR count). The lowest BCUT2D eigenvalue weighted by Gasteiger charge is -2.02. The van der Waals surface area contributed by atoms with Crippen molar-refractivity contribution in [2.45, 2.75) is 6.18 Å². The lowest BCUT2D eigenvalue weighted by atomic mass is 10.5. The Morgan fingerprint density at radius 1 is 1.36 bits per heavy atom. The molecule has 0 saturated carbocycles. The molecule has 0 bridgehead atoms. The molecule has 2 nitrogen and oxygen atoms in total. The minimum Gasteiger partial charge on any atom is -0.507 e. The molecule has 0 atom stereocenters. The molecular formula is C6H6F3NO. The van der Waals surface area contributed by atoms with E-state index in [0.717, 1.165) is 0 Å². The Balaban J connectivity index is 4.20. The summed E-state index contributed by atoms with van der Waals surface area (Å²) in [6.07, 6.45) is -3.97. The third-order valence-corrected chi connectivity index (χ3v) is 0.697. The number of nitrogens with zero attached hydrogens (tertiary/aromatic N) is 1. The van der Waals surface area contributed by atoms with Crippen LogP contribution in [0.5, 0.6) is 0 Å². The van der Waals surface area contributed by atoms with Crippen LogP contribution in [0.15, 0.2) is 29.6 Å². The summed E-state index contributed by atoms with van der Waals surface area (Å²) < 4.78 is 34.7. The van der Waals surface area contributed by atoms with E-state index in [1.165, 1.54) is 0 Å². The second-order valence-corrected chi connectivity index (χ2v) is 1.69. The van der Waals surface area contributed by atoms with E-state index in [1.807, 2.05) is 0 Å². The van der Waals surface area contributed by atoms with Crippen LogP contribution in [0, 0.1) is 0 Å². The quantitative estimate of drug-likeness (QED) is 0.493. The molecule has 11 heavy (non-hydrogen) atoms. The summed E-state index contributed by atoms with van der Waals surface area (Å²) in [6, 6.07) is 0. The molecule has 0 radical (unpaired) electrons. The smallest absolute Gasteiger partial charge is 0.432 e. The standard InChI is InChI=1S/C6H6F3NO/c1-4(11)3-10-5(2)6(7,8)9/h3,11H,1-2H2. The monoisotopic (exact) mass is 165 g/mol. The Kier molecular flexibility index (Phi) is 2.86. The Bertz CT molecular complexity index is 204. The van der Waals surface area contributed by atoms with Crippen molar-refractivity contribution < 1.29 is 18.3 Å². The van der Waals surface area contributed by atoms with E-state index in [2.05, 4.69) is 18.2 Å². The highest BCUT2D eigenvalue weighted by Crippen LogP contribution is 2.24. The number of aliphatic hydroxyl groups excluding tert-OH is 1. The zero-order valence-corrected chi connectivity index (χ0v) is 5.52. The van der Waals surface area contributed by atoms with Crippen LogP contribution in [-0.2, 0) is 0 Å². The maximum absolute atomic E-state index is 11.6. The first-order chi connectivity index (χ1) is 4.84. The number of alkyl halides is 3. The summed E-state index contributed by atoms with van der Waals surface area (Å²) in [4.78, 5) is 2.80. The molecule has 0 aromatic carbocycles. The summed E-state index contributed by atoms with van der Waals surface area (Å²) in [5.41, 5.74) is -1.27. The van der Waals surface area contributed by atoms with Crippen LogP contribution in [0.3, 0.4) is 0 Å². The SMILES string of the molecule is C=C(O)C=NC(=C)C(F)(F)F. The Morgan fingerprint density at radius 3 is 2.09 bits per heavy atom. The van der Waals surface area contributed by atoms with Crippen molar-refractivity contribution in [3.63, 3.8) is 0 Å². The summed E-state index contributed by atoms with van der Waals surface area (Å²) in [5, 5.41) is 8.31. The highest BCUT2D eigenvalue weighted by Gasteiger charge is 2.31. The van der Waals surface area contributed by atoms with Gasteiger partial charge in [0, 0.05) is 0 Å². The highest BCUT2D eigenvalue weighted by atomic mass is 19.4. The molecule has 0 aromatic heterocycles. The van der Waals surface area contributed by atoms with Gasteiger partial charge in [0.15, 0.2) is 0 Å². The van der Waals surface area contributed by atoms with Gasteiger partial charge in [0.1, 0.15) is 11.5 Å². The van der Waals surface area contributed by atoms with Gasteiger partial charge in [-0.15, -0.1) is 0 Å². The number of aliphatic hydroxyl groups is 1. The number of rotatable bonds is 2. The average Bonchev–Trinajstić information content (AvgIpc) is 1.80. The van der Waals surface area contributed by atoms with Crippen molar-refractivity contribution in [1.29, 1.82) is 0 Å². The largest absolute Gasteiger partial charge is 0.507 e. The van der Waals surface area contributed by atoms with E-state index in [-0.39, 0.29) is 0 Å². The fourth-order valence-electron chi connectivity index (χ4n) is 0.226. The molecule has 0 aliphatic rings. The predicted octanol–water partition coefficient (Wildman–Crippen LogP) is 2.20. The van der Waals surface area contributed by atoms with E-state index in [0.29, 0.717) is 6.21 Å². The van der Waals surface area contributed by atoms with Crippen molar-refractivity contribution >= 4 is 6.21 Å². The van der Waals surface area contributed by atoms with Crippen molar-refractivity contribution in [2.24, 2.45) is 4.99 Å². The molecule has 0 heterocycles. The van der Waals surface area contributed by atoms with Gasteiger partial charge < -0.3 is 5.11 Å². The van der Waals surface area contributed by atoms with E-state index in [1.54, 1.807) is 0 Å². The van der Waals surface area contributed by atoms with Crippen molar-refractivity contribution in [3.05, 3.63) is 24.6 Å². The van der Waals surface area contributed by atoms with Crippen LogP contribution >= 0.6 is 0 Å². The minimum atomic E-state index is -4.55. The van der Waals surface area contributed by atoms with Crippen LogP contribution in [0.1, 0.15) is 0 Å². The van der Waals surface area contributed by atoms with Crippen molar-refractivity contribution in [2.75, 3.05) is 0 Å². The Hall–Kier alpha value is -1.26. The zero-order valence-electron chi connectivity index (χ0n) is 5.52.